The van der Waals surface area contributed by atoms with Crippen LogP contribution in [0.4, 0.5) is 0 Å². The molecule has 0 spiro atoms. The molecule has 1 heterocycles. The molecular formula is C23H25N3O. The number of rotatable bonds is 6. The van der Waals surface area contributed by atoms with E-state index in [0.29, 0.717) is 12.5 Å². The number of carbonyl (C=O) groups excluding carboxylic acids is 1. The van der Waals surface area contributed by atoms with Crippen LogP contribution in [0.25, 0.3) is 10.9 Å². The van der Waals surface area contributed by atoms with Crippen molar-refractivity contribution in [2.75, 3.05) is 14.1 Å². The molecule has 0 radical (unpaired) electrons. The molecule has 138 valence electrons. The van der Waals surface area contributed by atoms with E-state index < -0.39 is 0 Å². The van der Waals surface area contributed by atoms with E-state index in [1.54, 1.807) is 0 Å². The van der Waals surface area contributed by atoms with Crippen LogP contribution in [0.3, 0.4) is 0 Å². The summed E-state index contributed by atoms with van der Waals surface area (Å²) in [6.45, 7) is 1.44. The summed E-state index contributed by atoms with van der Waals surface area (Å²) < 4.78 is 0. The first-order valence-electron chi connectivity index (χ1n) is 9.50. The second-order valence-electron chi connectivity index (χ2n) is 7.62. The largest absolute Gasteiger partial charge is 0.348 e. The SMILES string of the molecule is CN(C)Cc1ccc(CNC(=O)c2cc(C3CC3)nc3ccccc23)cc1. The minimum Gasteiger partial charge on any atom is -0.348 e. The Morgan fingerprint density at radius 2 is 1.78 bits per heavy atom. The molecule has 0 atom stereocenters. The van der Waals surface area contributed by atoms with Crippen molar-refractivity contribution in [3.8, 4) is 0 Å². The van der Waals surface area contributed by atoms with Crippen LogP contribution >= 0.6 is 0 Å². The van der Waals surface area contributed by atoms with Gasteiger partial charge in [-0.1, -0.05) is 42.5 Å². The van der Waals surface area contributed by atoms with Crippen LogP contribution in [0.15, 0.2) is 54.6 Å². The maximum atomic E-state index is 12.9. The summed E-state index contributed by atoms with van der Waals surface area (Å²) in [7, 11) is 4.12. The molecule has 0 bridgehead atoms. The Labute approximate surface area is 160 Å². The van der Waals surface area contributed by atoms with Crippen molar-refractivity contribution < 1.29 is 4.79 Å². The quantitative estimate of drug-likeness (QED) is 0.721. The number of benzene rings is 2. The average molecular weight is 359 g/mol. The zero-order valence-corrected chi connectivity index (χ0v) is 15.9. The summed E-state index contributed by atoms with van der Waals surface area (Å²) >= 11 is 0. The van der Waals surface area contributed by atoms with Crippen LogP contribution in [0, 0.1) is 0 Å². The lowest BCUT2D eigenvalue weighted by Crippen LogP contribution is -2.23. The summed E-state index contributed by atoms with van der Waals surface area (Å²) in [6.07, 6.45) is 2.34. The normalized spacial score (nSPS) is 13.9. The van der Waals surface area contributed by atoms with Gasteiger partial charge in [-0.25, -0.2) is 0 Å². The van der Waals surface area contributed by atoms with Gasteiger partial charge in [-0.15, -0.1) is 0 Å². The van der Waals surface area contributed by atoms with Crippen molar-refractivity contribution >= 4 is 16.8 Å². The molecule has 1 aliphatic rings. The molecule has 1 aliphatic carbocycles. The van der Waals surface area contributed by atoms with Crippen LogP contribution in [0.1, 0.15) is 45.9 Å². The van der Waals surface area contributed by atoms with E-state index in [1.807, 2.05) is 30.3 Å². The number of amides is 1. The average Bonchev–Trinajstić information content (AvgIpc) is 3.51. The third kappa shape index (κ3) is 4.17. The Morgan fingerprint density at radius 3 is 2.48 bits per heavy atom. The number of nitrogens with one attached hydrogen (secondary N) is 1. The van der Waals surface area contributed by atoms with Crippen molar-refractivity contribution in [1.29, 1.82) is 0 Å². The zero-order chi connectivity index (χ0) is 18.8. The smallest absolute Gasteiger partial charge is 0.252 e. The first kappa shape index (κ1) is 17.7. The second kappa shape index (κ2) is 7.49. The molecule has 1 aromatic heterocycles. The molecule has 1 amide bonds. The summed E-state index contributed by atoms with van der Waals surface area (Å²) in [6, 6.07) is 18.3. The van der Waals surface area contributed by atoms with Gasteiger partial charge in [0.2, 0.25) is 0 Å². The number of nitrogens with zero attached hydrogens (tertiary/aromatic N) is 2. The lowest BCUT2D eigenvalue weighted by Gasteiger charge is -2.12. The molecule has 1 N–H and O–H groups in total. The molecular weight excluding hydrogens is 334 g/mol. The van der Waals surface area contributed by atoms with Crippen LogP contribution < -0.4 is 5.32 Å². The maximum Gasteiger partial charge on any atom is 0.252 e. The van der Waals surface area contributed by atoms with Gasteiger partial charge in [0.05, 0.1) is 11.1 Å². The van der Waals surface area contributed by atoms with Gasteiger partial charge in [-0.3, -0.25) is 9.78 Å². The Kier molecular flexibility index (Phi) is 4.90. The minimum absolute atomic E-state index is 0.0344. The van der Waals surface area contributed by atoms with Gasteiger partial charge >= 0.3 is 0 Å². The first-order chi connectivity index (χ1) is 13.1. The van der Waals surface area contributed by atoms with Gasteiger partial charge < -0.3 is 10.2 Å². The lowest BCUT2D eigenvalue weighted by atomic mass is 10.0. The van der Waals surface area contributed by atoms with Gasteiger partial charge in [0.15, 0.2) is 0 Å². The van der Waals surface area contributed by atoms with E-state index in [4.69, 9.17) is 4.98 Å². The predicted molar refractivity (Wildman–Crippen MR) is 109 cm³/mol. The Balaban J connectivity index is 1.51. The van der Waals surface area contributed by atoms with Crippen molar-refractivity contribution in [1.82, 2.24) is 15.2 Å². The van der Waals surface area contributed by atoms with Gasteiger partial charge in [0.25, 0.3) is 5.91 Å². The van der Waals surface area contributed by atoms with Gasteiger partial charge in [0.1, 0.15) is 0 Å². The number of aromatic nitrogens is 1. The van der Waals surface area contributed by atoms with Crippen LogP contribution in [-0.2, 0) is 13.1 Å². The number of hydrogen-bond donors (Lipinski definition) is 1. The number of pyridine rings is 1. The predicted octanol–water partition coefficient (Wildman–Crippen LogP) is 4.10. The molecule has 1 fully saturated rings. The molecule has 0 unspecified atom stereocenters. The molecule has 27 heavy (non-hydrogen) atoms. The van der Waals surface area contributed by atoms with Gasteiger partial charge in [0, 0.05) is 30.1 Å². The third-order valence-corrected chi connectivity index (χ3v) is 4.95. The van der Waals surface area contributed by atoms with Crippen molar-refractivity contribution in [2.24, 2.45) is 0 Å². The fourth-order valence-corrected chi connectivity index (χ4v) is 3.38. The second-order valence-corrected chi connectivity index (χ2v) is 7.62. The number of para-hydroxylation sites is 1. The molecule has 4 nitrogen and oxygen atoms in total. The highest BCUT2D eigenvalue weighted by atomic mass is 16.1. The van der Waals surface area contributed by atoms with Gasteiger partial charge in [-0.05, 0) is 50.2 Å². The van der Waals surface area contributed by atoms with E-state index >= 15 is 0 Å². The fourth-order valence-electron chi connectivity index (χ4n) is 3.38. The number of carbonyl (C=O) groups is 1. The van der Waals surface area contributed by atoms with E-state index in [0.717, 1.165) is 34.3 Å². The molecule has 0 aliphatic heterocycles. The molecule has 3 aromatic rings. The molecule has 2 aromatic carbocycles. The summed E-state index contributed by atoms with van der Waals surface area (Å²) in [5.41, 5.74) is 5.05. The lowest BCUT2D eigenvalue weighted by molar-refractivity contribution is 0.0952. The molecule has 0 saturated heterocycles. The topological polar surface area (TPSA) is 45.2 Å². The van der Waals surface area contributed by atoms with Crippen molar-refractivity contribution in [3.63, 3.8) is 0 Å². The highest BCUT2D eigenvalue weighted by Crippen LogP contribution is 2.40. The number of fused-ring (bicyclic) bond motifs is 1. The fraction of sp³-hybridized carbons (Fsp3) is 0.304. The number of hydrogen-bond acceptors (Lipinski definition) is 3. The molecule has 4 heteroatoms. The maximum absolute atomic E-state index is 12.9. The van der Waals surface area contributed by atoms with Crippen molar-refractivity contribution in [3.05, 3.63) is 77.0 Å². The highest BCUT2D eigenvalue weighted by molar-refractivity contribution is 6.06. The van der Waals surface area contributed by atoms with E-state index in [2.05, 4.69) is 48.6 Å². The van der Waals surface area contributed by atoms with Crippen LogP contribution in [0.2, 0.25) is 0 Å². The summed E-state index contributed by atoms with van der Waals surface area (Å²) in [5, 5.41) is 3.99. The Bertz CT molecular complexity index is 959. The zero-order valence-electron chi connectivity index (χ0n) is 15.9. The van der Waals surface area contributed by atoms with Crippen LogP contribution in [0.5, 0.6) is 0 Å². The third-order valence-electron chi connectivity index (χ3n) is 4.95. The summed E-state index contributed by atoms with van der Waals surface area (Å²) in [5.74, 6) is 0.485. The van der Waals surface area contributed by atoms with Gasteiger partial charge in [-0.2, -0.15) is 0 Å². The standard InChI is InChI=1S/C23H25N3O/c1-26(2)15-17-9-7-16(8-10-17)14-24-23(27)20-13-22(18-11-12-18)25-21-6-4-3-5-19(20)21/h3-10,13,18H,11-12,14-15H2,1-2H3,(H,24,27). The van der Waals surface area contributed by atoms with Crippen LogP contribution in [-0.4, -0.2) is 29.9 Å². The van der Waals surface area contributed by atoms with Crippen molar-refractivity contribution in [2.45, 2.75) is 31.8 Å². The molecule has 4 rings (SSSR count). The first-order valence-corrected chi connectivity index (χ1v) is 9.50. The Hall–Kier alpha value is -2.72. The minimum atomic E-state index is -0.0344. The monoisotopic (exact) mass is 359 g/mol. The molecule has 1 saturated carbocycles. The van der Waals surface area contributed by atoms with E-state index in [1.165, 1.54) is 18.4 Å². The highest BCUT2D eigenvalue weighted by Gasteiger charge is 2.26. The Morgan fingerprint density at radius 1 is 1.07 bits per heavy atom. The summed E-state index contributed by atoms with van der Waals surface area (Å²) in [4.78, 5) is 19.8. The van der Waals surface area contributed by atoms with E-state index in [-0.39, 0.29) is 5.91 Å². The van der Waals surface area contributed by atoms with E-state index in [9.17, 15) is 4.79 Å².